The molecule has 0 saturated heterocycles. The number of benzene rings is 2. The molecule has 110 valence electrons. The molecule has 0 aromatic heterocycles. The Morgan fingerprint density at radius 2 is 2.00 bits per heavy atom. The maximum Gasteiger partial charge on any atom is 0.127 e. The molecule has 0 radical (unpaired) electrons. The third-order valence-corrected chi connectivity index (χ3v) is 4.19. The van der Waals surface area contributed by atoms with Crippen molar-refractivity contribution < 1.29 is 4.74 Å². The number of hydrogen-bond donors (Lipinski definition) is 2. The first-order valence-corrected chi connectivity index (χ1v) is 7.48. The molecule has 0 spiro atoms. The highest BCUT2D eigenvalue weighted by Crippen LogP contribution is 2.36. The van der Waals surface area contributed by atoms with E-state index in [9.17, 15) is 0 Å². The molecule has 0 amide bonds. The van der Waals surface area contributed by atoms with Crippen molar-refractivity contribution in [2.45, 2.75) is 32.7 Å². The van der Waals surface area contributed by atoms with Gasteiger partial charge in [0.1, 0.15) is 5.75 Å². The minimum absolute atomic E-state index is 0.0436. The van der Waals surface area contributed by atoms with E-state index in [0.29, 0.717) is 0 Å². The van der Waals surface area contributed by atoms with Crippen LogP contribution >= 0.6 is 0 Å². The van der Waals surface area contributed by atoms with Crippen LogP contribution in [0.3, 0.4) is 0 Å². The van der Waals surface area contributed by atoms with Gasteiger partial charge in [-0.15, -0.1) is 0 Å². The molecule has 3 N–H and O–H groups in total. The summed E-state index contributed by atoms with van der Waals surface area (Å²) < 4.78 is 5.93. The van der Waals surface area contributed by atoms with E-state index < -0.39 is 0 Å². The summed E-state index contributed by atoms with van der Waals surface area (Å²) in [4.78, 5) is 0. The number of ether oxygens (including phenoxy) is 1. The van der Waals surface area contributed by atoms with Gasteiger partial charge >= 0.3 is 0 Å². The predicted octanol–water partition coefficient (Wildman–Crippen LogP) is 3.18. The number of aryl methyl sites for hydroxylation is 3. The number of para-hydroxylation sites is 1. The maximum absolute atomic E-state index is 5.93. The molecular weight excluding hydrogens is 260 g/mol. The zero-order valence-corrected chi connectivity index (χ0v) is 12.6. The maximum atomic E-state index is 5.93. The summed E-state index contributed by atoms with van der Waals surface area (Å²) in [5.41, 5.74) is 9.06. The van der Waals surface area contributed by atoms with Crippen LogP contribution in [0.2, 0.25) is 0 Å². The highest BCUT2D eigenvalue weighted by atomic mass is 16.5. The highest BCUT2D eigenvalue weighted by molar-refractivity contribution is 5.49. The zero-order chi connectivity index (χ0) is 14.8. The van der Waals surface area contributed by atoms with Gasteiger partial charge in [-0.3, -0.25) is 5.84 Å². The molecule has 3 nitrogen and oxygen atoms in total. The molecule has 0 fully saturated rings. The molecule has 0 bridgehead atoms. The Balaban J connectivity index is 2.10. The van der Waals surface area contributed by atoms with Crippen molar-refractivity contribution in [2.75, 3.05) is 6.61 Å². The van der Waals surface area contributed by atoms with Crippen LogP contribution < -0.4 is 16.0 Å². The molecule has 2 aromatic rings. The Bertz CT molecular complexity index is 652. The average Bonchev–Trinajstić information content (AvgIpc) is 2.51. The van der Waals surface area contributed by atoms with Crippen molar-refractivity contribution in [2.24, 2.45) is 5.84 Å². The van der Waals surface area contributed by atoms with Crippen molar-refractivity contribution >= 4 is 0 Å². The number of fused-ring (bicyclic) bond motifs is 1. The topological polar surface area (TPSA) is 47.3 Å². The molecule has 3 heteroatoms. The van der Waals surface area contributed by atoms with Gasteiger partial charge in [0.15, 0.2) is 0 Å². The Hall–Kier alpha value is -1.84. The van der Waals surface area contributed by atoms with Gasteiger partial charge < -0.3 is 4.74 Å². The van der Waals surface area contributed by atoms with Crippen LogP contribution in [0, 0.1) is 13.8 Å². The molecule has 3 rings (SSSR count). The first-order valence-electron chi connectivity index (χ1n) is 7.48. The van der Waals surface area contributed by atoms with E-state index in [1.165, 1.54) is 22.3 Å². The first kappa shape index (κ1) is 14.1. The average molecular weight is 282 g/mol. The molecule has 1 heterocycles. The smallest absolute Gasteiger partial charge is 0.127 e. The highest BCUT2D eigenvalue weighted by Gasteiger charge is 2.22. The second-order valence-electron chi connectivity index (χ2n) is 5.75. The summed E-state index contributed by atoms with van der Waals surface area (Å²) in [7, 11) is 0. The summed E-state index contributed by atoms with van der Waals surface area (Å²) in [6.07, 6.45) is 2.16. The van der Waals surface area contributed by atoms with E-state index in [4.69, 9.17) is 10.6 Å². The lowest BCUT2D eigenvalue weighted by Gasteiger charge is -2.26. The normalized spacial score (nSPS) is 15.2. The van der Waals surface area contributed by atoms with Crippen molar-refractivity contribution in [3.63, 3.8) is 0 Å². The van der Waals surface area contributed by atoms with Crippen LogP contribution in [-0.4, -0.2) is 6.61 Å². The van der Waals surface area contributed by atoms with Gasteiger partial charge in [-0.25, -0.2) is 5.43 Å². The Morgan fingerprint density at radius 3 is 2.81 bits per heavy atom. The third-order valence-electron chi connectivity index (χ3n) is 4.19. The summed E-state index contributed by atoms with van der Waals surface area (Å²) >= 11 is 0. The Kier molecular flexibility index (Phi) is 3.95. The van der Waals surface area contributed by atoms with Gasteiger partial charge in [0, 0.05) is 5.56 Å². The summed E-state index contributed by atoms with van der Waals surface area (Å²) in [6, 6.07) is 12.8. The van der Waals surface area contributed by atoms with Crippen LogP contribution in [0.25, 0.3) is 0 Å². The fraction of sp³-hybridized carbons (Fsp3) is 0.333. The Labute approximate surface area is 126 Å². The SMILES string of the molecule is Cc1ccc(C)c(C(NN)c2cccc3c2OCCC3)c1. The van der Waals surface area contributed by atoms with Crippen LogP contribution in [0.4, 0.5) is 0 Å². The fourth-order valence-electron chi connectivity index (χ4n) is 3.06. The van der Waals surface area contributed by atoms with E-state index in [2.05, 4.69) is 55.7 Å². The van der Waals surface area contributed by atoms with Crippen molar-refractivity contribution in [3.05, 3.63) is 64.2 Å². The molecule has 1 unspecified atom stereocenters. The molecule has 2 aromatic carbocycles. The zero-order valence-electron chi connectivity index (χ0n) is 12.6. The van der Waals surface area contributed by atoms with Crippen molar-refractivity contribution in [1.29, 1.82) is 0 Å². The molecule has 1 aliphatic rings. The largest absolute Gasteiger partial charge is 0.493 e. The minimum atomic E-state index is -0.0436. The Morgan fingerprint density at radius 1 is 1.14 bits per heavy atom. The lowest BCUT2D eigenvalue weighted by atomic mass is 9.91. The van der Waals surface area contributed by atoms with E-state index in [0.717, 1.165) is 30.8 Å². The predicted molar refractivity (Wildman–Crippen MR) is 85.3 cm³/mol. The lowest BCUT2D eigenvalue weighted by Crippen LogP contribution is -2.30. The van der Waals surface area contributed by atoms with Gasteiger partial charge in [-0.1, -0.05) is 42.0 Å². The van der Waals surface area contributed by atoms with Gasteiger partial charge in [-0.2, -0.15) is 0 Å². The summed E-state index contributed by atoms with van der Waals surface area (Å²) in [6.45, 7) is 5.01. The number of nitrogens with two attached hydrogens (primary N) is 1. The fourth-order valence-corrected chi connectivity index (χ4v) is 3.06. The van der Waals surface area contributed by atoms with E-state index in [1.54, 1.807) is 0 Å². The molecule has 21 heavy (non-hydrogen) atoms. The van der Waals surface area contributed by atoms with Gasteiger partial charge in [0.05, 0.1) is 12.6 Å². The third kappa shape index (κ3) is 2.67. The van der Waals surface area contributed by atoms with Crippen LogP contribution in [-0.2, 0) is 6.42 Å². The van der Waals surface area contributed by atoms with Gasteiger partial charge in [0.25, 0.3) is 0 Å². The van der Waals surface area contributed by atoms with Crippen LogP contribution in [0.15, 0.2) is 36.4 Å². The van der Waals surface area contributed by atoms with E-state index in [-0.39, 0.29) is 6.04 Å². The number of hydrogen-bond acceptors (Lipinski definition) is 3. The summed E-state index contributed by atoms with van der Waals surface area (Å²) in [5.74, 6) is 6.89. The van der Waals surface area contributed by atoms with E-state index in [1.807, 2.05) is 0 Å². The molecule has 0 aliphatic carbocycles. The summed E-state index contributed by atoms with van der Waals surface area (Å²) in [5, 5.41) is 0. The molecule has 0 saturated carbocycles. The quantitative estimate of drug-likeness (QED) is 0.671. The number of hydrazine groups is 1. The second-order valence-corrected chi connectivity index (χ2v) is 5.75. The number of nitrogens with one attached hydrogen (secondary N) is 1. The van der Waals surface area contributed by atoms with Crippen LogP contribution in [0.1, 0.15) is 40.3 Å². The van der Waals surface area contributed by atoms with Gasteiger partial charge in [0.2, 0.25) is 0 Å². The van der Waals surface area contributed by atoms with Crippen molar-refractivity contribution in [3.8, 4) is 5.75 Å². The second kappa shape index (κ2) is 5.88. The standard InChI is InChI=1S/C18H22N2O/c1-12-8-9-13(2)16(11-12)17(20-19)15-7-3-5-14-6-4-10-21-18(14)15/h3,5,7-9,11,17,20H,4,6,10,19H2,1-2H3. The molecular formula is C18H22N2O. The monoisotopic (exact) mass is 282 g/mol. The molecule has 1 aliphatic heterocycles. The van der Waals surface area contributed by atoms with Crippen molar-refractivity contribution in [1.82, 2.24) is 5.43 Å². The van der Waals surface area contributed by atoms with Gasteiger partial charge in [-0.05, 0) is 43.4 Å². The van der Waals surface area contributed by atoms with Crippen LogP contribution in [0.5, 0.6) is 5.75 Å². The minimum Gasteiger partial charge on any atom is -0.493 e. The number of rotatable bonds is 3. The lowest BCUT2D eigenvalue weighted by molar-refractivity contribution is 0.283. The van der Waals surface area contributed by atoms with E-state index >= 15 is 0 Å². The first-order chi connectivity index (χ1) is 10.2. The molecule has 1 atom stereocenters.